The first-order valence-corrected chi connectivity index (χ1v) is 12.1. The van der Waals surface area contributed by atoms with Gasteiger partial charge in [-0.1, -0.05) is 24.1 Å². The van der Waals surface area contributed by atoms with E-state index in [1.54, 1.807) is 6.07 Å². The molecule has 8 nitrogen and oxygen atoms in total. The molecule has 2 aromatic carbocycles. The van der Waals surface area contributed by atoms with E-state index in [1.165, 1.54) is 21.3 Å². The van der Waals surface area contributed by atoms with Crippen molar-refractivity contribution < 1.29 is 22.7 Å². The second-order valence-corrected chi connectivity index (χ2v) is 10.2. The highest BCUT2D eigenvalue weighted by Crippen LogP contribution is 2.35. The molecule has 1 fully saturated rings. The highest BCUT2D eigenvalue weighted by atomic mass is 32.2. The molecular weight excluding hydrogens is 430 g/mol. The Hall–Kier alpha value is -2.91. The number of carbonyl (C=O) groups excluding carboxylic acids is 2. The van der Waals surface area contributed by atoms with Crippen molar-refractivity contribution in [2.75, 3.05) is 36.5 Å². The van der Waals surface area contributed by atoms with Gasteiger partial charge in [0.1, 0.15) is 12.3 Å². The largest absolute Gasteiger partial charge is 0.482 e. The Morgan fingerprint density at radius 1 is 1.06 bits per heavy atom. The number of anilines is 2. The van der Waals surface area contributed by atoms with Crippen molar-refractivity contribution in [1.82, 2.24) is 4.31 Å². The van der Waals surface area contributed by atoms with Crippen molar-refractivity contribution >= 4 is 33.2 Å². The zero-order valence-corrected chi connectivity index (χ0v) is 19.1. The number of benzene rings is 2. The SMILES string of the molecule is Cc1ccc(NC(=O)CN2C(=O)COc3ccc(S(=O)(=O)N4CCCCC4)cc32)c(C)c1. The third-order valence-electron chi connectivity index (χ3n) is 5.78. The first kappa shape index (κ1) is 22.3. The normalized spacial score (nSPS) is 16.9. The van der Waals surface area contributed by atoms with Gasteiger partial charge in [0, 0.05) is 18.8 Å². The lowest BCUT2D eigenvalue weighted by Gasteiger charge is -2.30. The van der Waals surface area contributed by atoms with Crippen LogP contribution in [0.2, 0.25) is 0 Å². The summed E-state index contributed by atoms with van der Waals surface area (Å²) in [5, 5.41) is 2.83. The smallest absolute Gasteiger partial charge is 0.265 e. The van der Waals surface area contributed by atoms with E-state index in [4.69, 9.17) is 4.74 Å². The lowest BCUT2D eigenvalue weighted by molar-refractivity contribution is -0.123. The Labute approximate surface area is 188 Å². The second-order valence-electron chi connectivity index (χ2n) is 8.23. The molecule has 2 aliphatic rings. The van der Waals surface area contributed by atoms with Crippen molar-refractivity contribution in [3.8, 4) is 5.75 Å². The van der Waals surface area contributed by atoms with E-state index >= 15 is 0 Å². The fraction of sp³-hybridized carbons (Fsp3) is 0.391. The van der Waals surface area contributed by atoms with Crippen LogP contribution in [0.1, 0.15) is 30.4 Å². The van der Waals surface area contributed by atoms with Crippen LogP contribution in [0.25, 0.3) is 0 Å². The van der Waals surface area contributed by atoms with E-state index in [2.05, 4.69) is 5.32 Å². The Balaban J connectivity index is 1.59. The molecular formula is C23H27N3O5S. The van der Waals surface area contributed by atoms with Crippen LogP contribution in [0.5, 0.6) is 5.75 Å². The summed E-state index contributed by atoms with van der Waals surface area (Å²) in [4.78, 5) is 26.7. The molecule has 0 aromatic heterocycles. The fourth-order valence-corrected chi connectivity index (χ4v) is 5.59. The van der Waals surface area contributed by atoms with Crippen molar-refractivity contribution in [2.24, 2.45) is 0 Å². The average Bonchev–Trinajstić information content (AvgIpc) is 2.78. The van der Waals surface area contributed by atoms with E-state index in [0.717, 1.165) is 30.4 Å². The maximum Gasteiger partial charge on any atom is 0.265 e. The lowest BCUT2D eigenvalue weighted by atomic mass is 10.1. The number of rotatable bonds is 5. The maximum absolute atomic E-state index is 13.1. The third-order valence-corrected chi connectivity index (χ3v) is 7.68. The summed E-state index contributed by atoms with van der Waals surface area (Å²) in [5.41, 5.74) is 2.96. The van der Waals surface area contributed by atoms with Crippen LogP contribution < -0.4 is 15.0 Å². The summed E-state index contributed by atoms with van der Waals surface area (Å²) >= 11 is 0. The first-order valence-electron chi connectivity index (χ1n) is 10.7. The fourth-order valence-electron chi connectivity index (χ4n) is 4.06. The molecule has 1 N–H and O–H groups in total. The molecule has 0 aliphatic carbocycles. The molecule has 32 heavy (non-hydrogen) atoms. The number of piperidine rings is 1. The van der Waals surface area contributed by atoms with Crippen molar-refractivity contribution in [1.29, 1.82) is 0 Å². The summed E-state index contributed by atoms with van der Waals surface area (Å²) in [6.07, 6.45) is 2.68. The second kappa shape index (κ2) is 8.91. The minimum Gasteiger partial charge on any atom is -0.482 e. The van der Waals surface area contributed by atoms with Gasteiger partial charge in [-0.15, -0.1) is 0 Å². The maximum atomic E-state index is 13.1. The highest BCUT2D eigenvalue weighted by molar-refractivity contribution is 7.89. The van der Waals surface area contributed by atoms with Crippen LogP contribution in [0, 0.1) is 13.8 Å². The molecule has 0 saturated carbocycles. The van der Waals surface area contributed by atoms with E-state index in [-0.39, 0.29) is 29.6 Å². The number of sulfonamides is 1. The number of hydrogen-bond donors (Lipinski definition) is 1. The third kappa shape index (κ3) is 4.49. The van der Waals surface area contributed by atoms with Crippen LogP contribution in [0.3, 0.4) is 0 Å². The number of nitrogens with one attached hydrogen (secondary N) is 1. The quantitative estimate of drug-likeness (QED) is 0.745. The Morgan fingerprint density at radius 3 is 2.53 bits per heavy atom. The standard InChI is InChI=1S/C23H27N3O5S/c1-16-6-8-19(17(2)12-16)24-22(27)14-26-20-13-18(7-9-21(20)31-15-23(26)28)32(29,30)25-10-4-3-5-11-25/h6-9,12-13H,3-5,10-11,14-15H2,1-2H3,(H,24,27). The first-order chi connectivity index (χ1) is 15.3. The molecule has 0 bridgehead atoms. The van der Waals surface area contributed by atoms with Gasteiger partial charge in [-0.25, -0.2) is 8.42 Å². The van der Waals surface area contributed by atoms with Gasteiger partial charge in [0.05, 0.1) is 10.6 Å². The van der Waals surface area contributed by atoms with Gasteiger partial charge in [-0.3, -0.25) is 14.5 Å². The van der Waals surface area contributed by atoms with Gasteiger partial charge in [0.2, 0.25) is 15.9 Å². The molecule has 2 heterocycles. The van der Waals surface area contributed by atoms with Crippen molar-refractivity contribution in [3.63, 3.8) is 0 Å². The van der Waals surface area contributed by atoms with Gasteiger partial charge in [-0.05, 0) is 56.5 Å². The molecule has 0 radical (unpaired) electrons. The molecule has 0 spiro atoms. The molecule has 4 rings (SSSR count). The van der Waals surface area contributed by atoms with E-state index in [9.17, 15) is 18.0 Å². The van der Waals surface area contributed by atoms with Crippen LogP contribution >= 0.6 is 0 Å². The lowest BCUT2D eigenvalue weighted by Crippen LogP contribution is -2.43. The van der Waals surface area contributed by atoms with Gasteiger partial charge in [0.15, 0.2) is 6.61 Å². The number of ether oxygens (including phenoxy) is 1. The highest BCUT2D eigenvalue weighted by Gasteiger charge is 2.31. The van der Waals surface area contributed by atoms with E-state index in [0.29, 0.717) is 24.5 Å². The zero-order chi connectivity index (χ0) is 22.9. The van der Waals surface area contributed by atoms with E-state index in [1.807, 2.05) is 32.0 Å². The summed E-state index contributed by atoms with van der Waals surface area (Å²) in [6, 6.07) is 10.2. The number of nitrogens with zero attached hydrogens (tertiary/aromatic N) is 2. The monoisotopic (exact) mass is 457 g/mol. The summed E-state index contributed by atoms with van der Waals surface area (Å²) in [7, 11) is -3.68. The Morgan fingerprint density at radius 2 is 1.81 bits per heavy atom. The summed E-state index contributed by atoms with van der Waals surface area (Å²) in [6.45, 7) is 4.39. The van der Waals surface area contributed by atoms with Crippen LogP contribution in [0.4, 0.5) is 11.4 Å². The molecule has 0 unspecified atom stereocenters. The molecule has 1 saturated heterocycles. The molecule has 170 valence electrons. The molecule has 9 heteroatoms. The summed E-state index contributed by atoms with van der Waals surface area (Å²) < 4.78 is 33.1. The van der Waals surface area contributed by atoms with Gasteiger partial charge in [0.25, 0.3) is 5.91 Å². The van der Waals surface area contributed by atoms with Crippen molar-refractivity contribution in [3.05, 3.63) is 47.5 Å². The molecule has 0 atom stereocenters. The number of carbonyl (C=O) groups is 2. The van der Waals surface area contributed by atoms with Gasteiger partial charge in [-0.2, -0.15) is 4.31 Å². The molecule has 2 aromatic rings. The zero-order valence-electron chi connectivity index (χ0n) is 18.3. The van der Waals surface area contributed by atoms with Crippen LogP contribution in [-0.4, -0.2) is 50.8 Å². The van der Waals surface area contributed by atoms with Gasteiger partial charge < -0.3 is 10.1 Å². The predicted octanol–water partition coefficient (Wildman–Crippen LogP) is 2.84. The number of aryl methyl sites for hydroxylation is 2. The number of amides is 2. The summed E-state index contributed by atoms with van der Waals surface area (Å²) in [5.74, 6) is -0.398. The van der Waals surface area contributed by atoms with Crippen LogP contribution in [0.15, 0.2) is 41.3 Å². The topological polar surface area (TPSA) is 96.0 Å². The van der Waals surface area contributed by atoms with Crippen LogP contribution in [-0.2, 0) is 19.6 Å². The molecule has 2 amide bonds. The average molecular weight is 458 g/mol. The number of hydrogen-bond acceptors (Lipinski definition) is 5. The number of fused-ring (bicyclic) bond motifs is 1. The Bertz CT molecular complexity index is 1160. The van der Waals surface area contributed by atoms with Crippen molar-refractivity contribution in [2.45, 2.75) is 38.0 Å². The van der Waals surface area contributed by atoms with E-state index < -0.39 is 15.9 Å². The van der Waals surface area contributed by atoms with Gasteiger partial charge >= 0.3 is 0 Å². The Kier molecular flexibility index (Phi) is 6.21. The predicted molar refractivity (Wildman–Crippen MR) is 121 cm³/mol. The molecule has 2 aliphatic heterocycles. The minimum atomic E-state index is -3.68. The minimum absolute atomic E-state index is 0.0937.